The number of hydrogen-bond acceptors (Lipinski definition) is 3. The predicted octanol–water partition coefficient (Wildman–Crippen LogP) is 4.07. The summed E-state index contributed by atoms with van der Waals surface area (Å²) in [4.78, 5) is 23.7. The summed E-state index contributed by atoms with van der Waals surface area (Å²) in [6.45, 7) is 2.37. The zero-order valence-electron chi connectivity index (χ0n) is 15.1. The highest BCUT2D eigenvalue weighted by molar-refractivity contribution is 6.30. The Kier molecular flexibility index (Phi) is 4.65. The lowest BCUT2D eigenvalue weighted by atomic mass is 9.85. The molecule has 142 valence electrons. The summed E-state index contributed by atoms with van der Waals surface area (Å²) in [6.07, 6.45) is 0.250. The molecule has 1 aliphatic rings. The number of rotatable bonds is 4. The molecule has 0 aliphatic carbocycles. The Hall–Kier alpha value is -3.12. The number of nitrogens with one attached hydrogen (secondary N) is 1. The normalized spacial score (nSPS) is 15.8. The molecule has 7 heteroatoms. The average Bonchev–Trinajstić information content (AvgIpc) is 2.96. The van der Waals surface area contributed by atoms with Gasteiger partial charge in [-0.3, -0.25) is 4.79 Å². The SMILES string of the molecule is Cc1nn(Cc2cccc(Cl)c2)c2c1C(c1cccc(C(=O)O)c1)CC(=O)N2. The van der Waals surface area contributed by atoms with Crippen molar-refractivity contribution in [2.75, 3.05) is 5.32 Å². The zero-order chi connectivity index (χ0) is 19.8. The third-order valence-corrected chi connectivity index (χ3v) is 5.16. The lowest BCUT2D eigenvalue weighted by Crippen LogP contribution is -2.25. The van der Waals surface area contributed by atoms with Crippen LogP contribution < -0.4 is 5.32 Å². The molecule has 0 saturated heterocycles. The predicted molar refractivity (Wildman–Crippen MR) is 106 cm³/mol. The molecule has 1 amide bonds. The molecule has 28 heavy (non-hydrogen) atoms. The van der Waals surface area contributed by atoms with Crippen LogP contribution >= 0.6 is 11.6 Å². The quantitative estimate of drug-likeness (QED) is 0.697. The fraction of sp³-hybridized carbons (Fsp3) is 0.190. The summed E-state index contributed by atoms with van der Waals surface area (Å²) < 4.78 is 1.77. The van der Waals surface area contributed by atoms with Gasteiger partial charge >= 0.3 is 5.97 Å². The summed E-state index contributed by atoms with van der Waals surface area (Å²) in [5.41, 5.74) is 3.70. The Morgan fingerprint density at radius 1 is 1.29 bits per heavy atom. The molecule has 1 aliphatic heterocycles. The molecule has 2 heterocycles. The second kappa shape index (κ2) is 7.13. The van der Waals surface area contributed by atoms with Crippen molar-refractivity contribution in [2.24, 2.45) is 0 Å². The van der Waals surface area contributed by atoms with E-state index in [1.165, 1.54) is 0 Å². The maximum absolute atomic E-state index is 12.4. The molecule has 1 aromatic heterocycles. The van der Waals surface area contributed by atoms with Gasteiger partial charge < -0.3 is 10.4 Å². The monoisotopic (exact) mass is 395 g/mol. The average molecular weight is 396 g/mol. The van der Waals surface area contributed by atoms with Crippen molar-refractivity contribution in [2.45, 2.75) is 25.8 Å². The molecule has 4 rings (SSSR count). The number of carbonyl (C=O) groups is 2. The number of carboxylic acids is 1. The Labute approximate surface area is 166 Å². The molecule has 3 aromatic rings. The Morgan fingerprint density at radius 3 is 2.82 bits per heavy atom. The van der Waals surface area contributed by atoms with Crippen LogP contribution in [0.5, 0.6) is 0 Å². The second-order valence-corrected chi connectivity index (χ2v) is 7.31. The molecule has 0 spiro atoms. The Morgan fingerprint density at radius 2 is 2.07 bits per heavy atom. The van der Waals surface area contributed by atoms with E-state index in [4.69, 9.17) is 11.6 Å². The highest BCUT2D eigenvalue weighted by atomic mass is 35.5. The smallest absolute Gasteiger partial charge is 0.335 e. The minimum Gasteiger partial charge on any atom is -0.478 e. The van der Waals surface area contributed by atoms with Crippen LogP contribution in [0.15, 0.2) is 48.5 Å². The standard InChI is InChI=1S/C21H18ClN3O3/c1-12-19-17(14-5-3-6-15(9-14)21(27)28)10-18(26)23-20(19)25(24-12)11-13-4-2-7-16(22)8-13/h2-9,17H,10-11H2,1H3,(H,23,26)(H,27,28). The highest BCUT2D eigenvalue weighted by Crippen LogP contribution is 2.39. The molecule has 2 N–H and O–H groups in total. The maximum atomic E-state index is 12.4. The second-order valence-electron chi connectivity index (χ2n) is 6.87. The fourth-order valence-electron chi connectivity index (χ4n) is 3.71. The number of benzene rings is 2. The summed E-state index contributed by atoms with van der Waals surface area (Å²) in [5.74, 6) is -0.697. The number of nitrogens with zero attached hydrogens (tertiary/aromatic N) is 2. The van der Waals surface area contributed by atoms with Crippen LogP contribution in [0.1, 0.15) is 45.1 Å². The van der Waals surface area contributed by atoms with Gasteiger partial charge in [-0.05, 0) is 42.3 Å². The van der Waals surface area contributed by atoms with Crippen LogP contribution in [0.4, 0.5) is 5.82 Å². The van der Waals surface area contributed by atoms with Gasteiger partial charge in [0.15, 0.2) is 0 Å². The van der Waals surface area contributed by atoms with E-state index in [1.807, 2.05) is 37.3 Å². The van der Waals surface area contributed by atoms with E-state index in [0.717, 1.165) is 22.4 Å². The van der Waals surface area contributed by atoms with Gasteiger partial charge in [-0.2, -0.15) is 5.10 Å². The number of anilines is 1. The largest absolute Gasteiger partial charge is 0.478 e. The van der Waals surface area contributed by atoms with Crippen molar-refractivity contribution in [1.82, 2.24) is 9.78 Å². The Bertz CT molecular complexity index is 1090. The van der Waals surface area contributed by atoms with E-state index >= 15 is 0 Å². The minimum atomic E-state index is -0.990. The van der Waals surface area contributed by atoms with Crippen molar-refractivity contribution in [3.8, 4) is 0 Å². The Balaban J connectivity index is 1.77. The molecular formula is C21H18ClN3O3. The van der Waals surface area contributed by atoms with Crippen molar-refractivity contribution in [3.05, 3.63) is 81.5 Å². The van der Waals surface area contributed by atoms with E-state index < -0.39 is 5.97 Å². The van der Waals surface area contributed by atoms with Crippen molar-refractivity contribution in [1.29, 1.82) is 0 Å². The number of aromatic nitrogens is 2. The number of carbonyl (C=O) groups excluding carboxylic acids is 1. The number of carboxylic acid groups (broad SMARTS) is 1. The molecule has 1 atom stereocenters. The van der Waals surface area contributed by atoms with E-state index in [0.29, 0.717) is 17.4 Å². The summed E-state index contributed by atoms with van der Waals surface area (Å²) >= 11 is 6.08. The topological polar surface area (TPSA) is 84.2 Å². The lowest BCUT2D eigenvalue weighted by Gasteiger charge is -2.24. The van der Waals surface area contributed by atoms with Gasteiger partial charge in [0.25, 0.3) is 0 Å². The van der Waals surface area contributed by atoms with E-state index in [9.17, 15) is 14.7 Å². The third-order valence-electron chi connectivity index (χ3n) is 4.93. The molecule has 1 unspecified atom stereocenters. The molecule has 2 aromatic carbocycles. The number of amides is 1. The van der Waals surface area contributed by atoms with Gasteiger partial charge in [0.1, 0.15) is 5.82 Å². The number of hydrogen-bond donors (Lipinski definition) is 2. The third kappa shape index (κ3) is 3.39. The number of halogens is 1. The van der Waals surface area contributed by atoms with Crippen LogP contribution in [-0.2, 0) is 11.3 Å². The first-order valence-corrected chi connectivity index (χ1v) is 9.25. The van der Waals surface area contributed by atoms with Crippen molar-refractivity contribution in [3.63, 3.8) is 0 Å². The molecule has 0 bridgehead atoms. The summed E-state index contributed by atoms with van der Waals surface area (Å²) in [5, 5.41) is 17.5. The highest BCUT2D eigenvalue weighted by Gasteiger charge is 2.32. The summed E-state index contributed by atoms with van der Waals surface area (Å²) in [7, 11) is 0. The number of aromatic carboxylic acids is 1. The lowest BCUT2D eigenvalue weighted by molar-refractivity contribution is -0.116. The molecular weight excluding hydrogens is 378 g/mol. The number of fused-ring (bicyclic) bond motifs is 1. The minimum absolute atomic E-state index is 0.120. The van der Waals surface area contributed by atoms with Crippen molar-refractivity contribution >= 4 is 29.3 Å². The van der Waals surface area contributed by atoms with E-state index in [2.05, 4.69) is 10.4 Å². The first-order chi connectivity index (χ1) is 13.4. The van der Waals surface area contributed by atoms with Crippen LogP contribution in [0, 0.1) is 6.92 Å². The van der Waals surface area contributed by atoms with Crippen LogP contribution in [0.2, 0.25) is 5.02 Å². The van der Waals surface area contributed by atoms with Gasteiger partial charge in [0.2, 0.25) is 5.91 Å². The first-order valence-electron chi connectivity index (χ1n) is 8.87. The van der Waals surface area contributed by atoms with Gasteiger partial charge in [0, 0.05) is 22.9 Å². The maximum Gasteiger partial charge on any atom is 0.335 e. The van der Waals surface area contributed by atoms with Gasteiger partial charge in [-0.15, -0.1) is 0 Å². The molecule has 0 fully saturated rings. The van der Waals surface area contributed by atoms with Crippen LogP contribution in [0.25, 0.3) is 0 Å². The zero-order valence-corrected chi connectivity index (χ0v) is 15.9. The van der Waals surface area contributed by atoms with Gasteiger partial charge in [-0.1, -0.05) is 35.9 Å². The van der Waals surface area contributed by atoms with Crippen molar-refractivity contribution < 1.29 is 14.7 Å². The first kappa shape index (κ1) is 18.3. The van der Waals surface area contributed by atoms with E-state index in [1.54, 1.807) is 22.9 Å². The van der Waals surface area contributed by atoms with E-state index in [-0.39, 0.29) is 23.8 Å². The number of aryl methyl sites for hydroxylation is 1. The van der Waals surface area contributed by atoms with Gasteiger partial charge in [-0.25, -0.2) is 9.48 Å². The van der Waals surface area contributed by atoms with Crippen LogP contribution in [0.3, 0.4) is 0 Å². The molecule has 0 saturated carbocycles. The molecule has 0 radical (unpaired) electrons. The molecule has 6 nitrogen and oxygen atoms in total. The summed E-state index contributed by atoms with van der Waals surface area (Å²) in [6, 6.07) is 14.2. The fourth-order valence-corrected chi connectivity index (χ4v) is 3.92. The van der Waals surface area contributed by atoms with Crippen LogP contribution in [-0.4, -0.2) is 26.8 Å². The van der Waals surface area contributed by atoms with Gasteiger partial charge in [0.05, 0.1) is 17.8 Å².